The number of nitrogens with zero attached hydrogens (tertiary/aromatic N) is 2. The van der Waals surface area contributed by atoms with Crippen LogP contribution in [-0.4, -0.2) is 29.0 Å². The zero-order valence-corrected chi connectivity index (χ0v) is 12.2. The Labute approximate surface area is 124 Å². The first kappa shape index (κ1) is 15.0. The Morgan fingerprint density at radius 3 is 2.62 bits per heavy atom. The molecular formula is C16H20N4O. The number of benzene rings is 1. The van der Waals surface area contributed by atoms with Gasteiger partial charge in [-0.15, -0.1) is 0 Å². The van der Waals surface area contributed by atoms with Crippen LogP contribution in [0.1, 0.15) is 29.4 Å². The molecule has 2 rings (SSSR count). The molecular weight excluding hydrogens is 264 g/mol. The van der Waals surface area contributed by atoms with Crippen molar-refractivity contribution in [1.82, 2.24) is 15.3 Å². The topological polar surface area (TPSA) is 66.9 Å². The quantitative estimate of drug-likeness (QED) is 0.765. The lowest BCUT2D eigenvalue weighted by Gasteiger charge is -2.06. The zero-order valence-electron chi connectivity index (χ0n) is 12.2. The third-order valence-electron chi connectivity index (χ3n) is 3.01. The minimum Gasteiger partial charge on any atom is -0.369 e. The van der Waals surface area contributed by atoms with E-state index in [0.29, 0.717) is 18.1 Å². The lowest BCUT2D eigenvalue weighted by atomic mass is 10.1. The van der Waals surface area contributed by atoms with Crippen LogP contribution in [0.25, 0.3) is 0 Å². The molecule has 0 unspecified atom stereocenters. The molecule has 0 atom stereocenters. The number of rotatable bonds is 7. The van der Waals surface area contributed by atoms with Gasteiger partial charge in [0.1, 0.15) is 11.5 Å². The van der Waals surface area contributed by atoms with Gasteiger partial charge in [-0.2, -0.15) is 0 Å². The lowest BCUT2D eigenvalue weighted by molar-refractivity contribution is 0.0948. The van der Waals surface area contributed by atoms with Crippen LogP contribution in [-0.2, 0) is 6.42 Å². The summed E-state index contributed by atoms with van der Waals surface area (Å²) in [5.41, 5.74) is 1.62. The molecule has 2 aromatic rings. The van der Waals surface area contributed by atoms with Gasteiger partial charge in [0.2, 0.25) is 0 Å². The molecule has 0 radical (unpaired) electrons. The summed E-state index contributed by atoms with van der Waals surface area (Å²) in [5, 5.41) is 5.90. The standard InChI is InChI=1S/C16H20N4O/c1-2-17-15-12-19-14(11-20-15)16(21)18-10-6-9-13-7-4-3-5-8-13/h3-5,7-8,11-12H,2,6,9-10H2,1H3,(H,17,20)(H,18,21). The van der Waals surface area contributed by atoms with Gasteiger partial charge in [-0.25, -0.2) is 9.97 Å². The van der Waals surface area contributed by atoms with Gasteiger partial charge in [0.25, 0.3) is 5.91 Å². The van der Waals surface area contributed by atoms with Gasteiger partial charge in [0, 0.05) is 13.1 Å². The maximum atomic E-state index is 11.9. The van der Waals surface area contributed by atoms with E-state index in [4.69, 9.17) is 0 Å². The van der Waals surface area contributed by atoms with Gasteiger partial charge in [0.05, 0.1) is 12.4 Å². The van der Waals surface area contributed by atoms with Crippen molar-refractivity contribution >= 4 is 11.7 Å². The van der Waals surface area contributed by atoms with E-state index in [-0.39, 0.29) is 5.91 Å². The fourth-order valence-electron chi connectivity index (χ4n) is 1.95. The second-order valence-corrected chi connectivity index (χ2v) is 4.66. The molecule has 0 bridgehead atoms. The molecule has 0 saturated carbocycles. The number of carbonyl (C=O) groups excluding carboxylic acids is 1. The maximum Gasteiger partial charge on any atom is 0.271 e. The highest BCUT2D eigenvalue weighted by Crippen LogP contribution is 2.02. The summed E-state index contributed by atoms with van der Waals surface area (Å²) in [4.78, 5) is 20.1. The van der Waals surface area contributed by atoms with E-state index in [1.165, 1.54) is 11.8 Å². The van der Waals surface area contributed by atoms with Gasteiger partial charge in [-0.1, -0.05) is 30.3 Å². The fraction of sp³-hybridized carbons (Fsp3) is 0.312. The molecule has 0 saturated heterocycles. The fourth-order valence-corrected chi connectivity index (χ4v) is 1.95. The predicted octanol–water partition coefficient (Wildman–Crippen LogP) is 2.27. The minimum absolute atomic E-state index is 0.182. The summed E-state index contributed by atoms with van der Waals surface area (Å²) < 4.78 is 0. The average Bonchev–Trinajstić information content (AvgIpc) is 2.53. The van der Waals surface area contributed by atoms with Crippen molar-refractivity contribution < 1.29 is 4.79 Å². The molecule has 1 amide bonds. The lowest BCUT2D eigenvalue weighted by Crippen LogP contribution is -2.25. The minimum atomic E-state index is -0.182. The number of hydrogen-bond acceptors (Lipinski definition) is 4. The molecule has 1 aromatic carbocycles. The normalized spacial score (nSPS) is 10.1. The Kier molecular flexibility index (Phi) is 5.70. The van der Waals surface area contributed by atoms with Crippen LogP contribution < -0.4 is 10.6 Å². The second-order valence-electron chi connectivity index (χ2n) is 4.66. The highest BCUT2D eigenvalue weighted by atomic mass is 16.1. The van der Waals surface area contributed by atoms with E-state index >= 15 is 0 Å². The first-order valence-electron chi connectivity index (χ1n) is 7.17. The number of aryl methyl sites for hydroxylation is 1. The Morgan fingerprint density at radius 1 is 1.14 bits per heavy atom. The van der Waals surface area contributed by atoms with Crippen LogP contribution in [0.15, 0.2) is 42.7 Å². The number of amides is 1. The third-order valence-corrected chi connectivity index (χ3v) is 3.01. The van der Waals surface area contributed by atoms with E-state index in [0.717, 1.165) is 19.4 Å². The van der Waals surface area contributed by atoms with Gasteiger partial charge >= 0.3 is 0 Å². The molecule has 5 nitrogen and oxygen atoms in total. The maximum absolute atomic E-state index is 11.9. The number of nitrogens with one attached hydrogen (secondary N) is 2. The van der Waals surface area contributed by atoms with E-state index in [1.54, 1.807) is 6.20 Å². The van der Waals surface area contributed by atoms with Gasteiger partial charge < -0.3 is 10.6 Å². The average molecular weight is 284 g/mol. The summed E-state index contributed by atoms with van der Waals surface area (Å²) in [6.07, 6.45) is 4.91. The molecule has 21 heavy (non-hydrogen) atoms. The highest BCUT2D eigenvalue weighted by molar-refractivity contribution is 5.91. The van der Waals surface area contributed by atoms with Crippen molar-refractivity contribution in [2.75, 3.05) is 18.4 Å². The molecule has 2 N–H and O–H groups in total. The summed E-state index contributed by atoms with van der Waals surface area (Å²) in [6.45, 7) is 3.39. The van der Waals surface area contributed by atoms with E-state index in [1.807, 2.05) is 25.1 Å². The second kappa shape index (κ2) is 7.99. The number of aromatic nitrogens is 2. The van der Waals surface area contributed by atoms with Crippen molar-refractivity contribution in [2.45, 2.75) is 19.8 Å². The molecule has 0 fully saturated rings. The summed E-state index contributed by atoms with van der Waals surface area (Å²) in [7, 11) is 0. The van der Waals surface area contributed by atoms with Crippen molar-refractivity contribution in [1.29, 1.82) is 0 Å². The van der Waals surface area contributed by atoms with Crippen LogP contribution in [0.5, 0.6) is 0 Å². The van der Waals surface area contributed by atoms with Crippen molar-refractivity contribution in [3.63, 3.8) is 0 Å². The molecule has 0 spiro atoms. The Bertz CT molecular complexity index is 554. The van der Waals surface area contributed by atoms with Crippen LogP contribution in [0.4, 0.5) is 5.82 Å². The number of carbonyl (C=O) groups is 1. The van der Waals surface area contributed by atoms with Crippen LogP contribution >= 0.6 is 0 Å². The Balaban J connectivity index is 1.74. The van der Waals surface area contributed by atoms with E-state index in [2.05, 4.69) is 32.7 Å². The first-order valence-corrected chi connectivity index (χ1v) is 7.17. The molecule has 110 valence electrons. The molecule has 5 heteroatoms. The van der Waals surface area contributed by atoms with Crippen LogP contribution in [0, 0.1) is 0 Å². The third kappa shape index (κ3) is 4.87. The number of anilines is 1. The highest BCUT2D eigenvalue weighted by Gasteiger charge is 2.06. The molecule has 0 aliphatic carbocycles. The van der Waals surface area contributed by atoms with E-state index in [9.17, 15) is 4.79 Å². The number of hydrogen-bond donors (Lipinski definition) is 2. The summed E-state index contributed by atoms with van der Waals surface area (Å²) in [5.74, 6) is 0.497. The van der Waals surface area contributed by atoms with Crippen molar-refractivity contribution in [2.24, 2.45) is 0 Å². The zero-order chi connectivity index (χ0) is 14.9. The van der Waals surface area contributed by atoms with Crippen LogP contribution in [0.3, 0.4) is 0 Å². The largest absolute Gasteiger partial charge is 0.369 e. The molecule has 1 heterocycles. The Morgan fingerprint density at radius 2 is 1.95 bits per heavy atom. The van der Waals surface area contributed by atoms with E-state index < -0.39 is 0 Å². The van der Waals surface area contributed by atoms with Gasteiger partial charge in [-0.05, 0) is 25.3 Å². The van der Waals surface area contributed by atoms with Crippen LogP contribution in [0.2, 0.25) is 0 Å². The molecule has 0 aliphatic heterocycles. The first-order chi connectivity index (χ1) is 10.3. The molecule has 1 aromatic heterocycles. The predicted molar refractivity (Wildman–Crippen MR) is 83.3 cm³/mol. The monoisotopic (exact) mass is 284 g/mol. The SMILES string of the molecule is CCNc1cnc(C(=O)NCCCc2ccccc2)cn1. The smallest absolute Gasteiger partial charge is 0.271 e. The summed E-state index contributed by atoms with van der Waals surface area (Å²) >= 11 is 0. The molecule has 0 aliphatic rings. The Hall–Kier alpha value is -2.43. The summed E-state index contributed by atoms with van der Waals surface area (Å²) in [6, 6.07) is 10.2. The van der Waals surface area contributed by atoms with Gasteiger partial charge in [0.15, 0.2) is 0 Å². The van der Waals surface area contributed by atoms with Crippen molar-refractivity contribution in [3.05, 3.63) is 54.0 Å². The van der Waals surface area contributed by atoms with Gasteiger partial charge in [-0.3, -0.25) is 4.79 Å². The van der Waals surface area contributed by atoms with Crippen molar-refractivity contribution in [3.8, 4) is 0 Å².